The summed E-state index contributed by atoms with van der Waals surface area (Å²) in [6.45, 7) is 4.79. The fourth-order valence-electron chi connectivity index (χ4n) is 3.00. The average Bonchev–Trinajstić information content (AvgIpc) is 2.83. The number of nitrogens with zero attached hydrogens (tertiary/aromatic N) is 1. The van der Waals surface area contributed by atoms with E-state index in [1.54, 1.807) is 36.4 Å². The maximum atomic E-state index is 12.1. The fraction of sp³-hybridized carbons (Fsp3) is 0.192. The Kier molecular flexibility index (Phi) is 9.52. The molecule has 3 rings (SSSR count). The summed E-state index contributed by atoms with van der Waals surface area (Å²) >= 11 is 12.0. The van der Waals surface area contributed by atoms with E-state index >= 15 is 0 Å². The van der Waals surface area contributed by atoms with E-state index in [9.17, 15) is 9.59 Å². The molecule has 0 spiro atoms. The Balaban J connectivity index is 1.55. The van der Waals surface area contributed by atoms with Crippen molar-refractivity contribution in [2.24, 2.45) is 5.10 Å². The van der Waals surface area contributed by atoms with Gasteiger partial charge in [-0.3, -0.25) is 9.59 Å². The molecule has 0 saturated heterocycles. The standard InChI is InChI=1S/C26H25Cl2N3O4/c1-3-34-23-13-19(11-12-22(23)35-16-18-9-7-17(2)8-10-18)15-29-31-25(33)14-24(32)30-21-6-4-5-20(27)26(21)28/h4-13,15H,3,14,16H2,1-2H3,(H,30,32)(H,31,33). The van der Waals surface area contributed by atoms with Crippen LogP contribution in [-0.2, 0) is 16.2 Å². The van der Waals surface area contributed by atoms with E-state index in [0.29, 0.717) is 41.0 Å². The zero-order valence-electron chi connectivity index (χ0n) is 19.3. The number of hydrogen-bond acceptors (Lipinski definition) is 5. The third-order valence-corrected chi connectivity index (χ3v) is 5.55. The summed E-state index contributed by atoms with van der Waals surface area (Å²) in [5, 5.41) is 6.97. The number of ether oxygens (including phenoxy) is 2. The summed E-state index contributed by atoms with van der Waals surface area (Å²) in [5.74, 6) is 0.0354. The van der Waals surface area contributed by atoms with Gasteiger partial charge in [0, 0.05) is 0 Å². The van der Waals surface area contributed by atoms with Gasteiger partial charge < -0.3 is 14.8 Å². The summed E-state index contributed by atoms with van der Waals surface area (Å²) in [6, 6.07) is 18.3. The minimum Gasteiger partial charge on any atom is -0.490 e. The van der Waals surface area contributed by atoms with Gasteiger partial charge in [-0.25, -0.2) is 5.43 Å². The molecule has 2 amide bonds. The number of nitrogens with one attached hydrogen (secondary N) is 2. The van der Waals surface area contributed by atoms with Gasteiger partial charge in [-0.1, -0.05) is 59.1 Å². The smallest absolute Gasteiger partial charge is 0.249 e. The lowest BCUT2D eigenvalue weighted by atomic mass is 10.2. The van der Waals surface area contributed by atoms with Crippen molar-refractivity contribution in [3.8, 4) is 11.5 Å². The second-order valence-electron chi connectivity index (χ2n) is 7.53. The summed E-state index contributed by atoms with van der Waals surface area (Å²) in [7, 11) is 0. The van der Waals surface area contributed by atoms with Crippen LogP contribution in [0.1, 0.15) is 30.0 Å². The first-order chi connectivity index (χ1) is 16.9. The van der Waals surface area contributed by atoms with Gasteiger partial charge in [-0.05, 0) is 55.3 Å². The van der Waals surface area contributed by atoms with Gasteiger partial charge in [-0.15, -0.1) is 0 Å². The zero-order valence-corrected chi connectivity index (χ0v) is 20.8. The lowest BCUT2D eigenvalue weighted by Crippen LogP contribution is -2.24. The third-order valence-electron chi connectivity index (χ3n) is 4.73. The normalized spacial score (nSPS) is 10.7. The molecule has 0 unspecified atom stereocenters. The predicted octanol–water partition coefficient (Wildman–Crippen LogP) is 5.76. The van der Waals surface area contributed by atoms with Crippen LogP contribution >= 0.6 is 23.2 Å². The topological polar surface area (TPSA) is 89.0 Å². The SMILES string of the molecule is CCOc1cc(C=NNC(=O)CC(=O)Nc2cccc(Cl)c2Cl)ccc1OCc1ccc(C)cc1. The molecule has 3 aromatic carbocycles. The molecule has 0 aliphatic heterocycles. The van der Waals surface area contributed by atoms with Gasteiger partial charge in [0.1, 0.15) is 13.0 Å². The monoisotopic (exact) mass is 513 g/mol. The quantitative estimate of drug-likeness (QED) is 0.205. The maximum Gasteiger partial charge on any atom is 0.249 e. The van der Waals surface area contributed by atoms with Gasteiger partial charge >= 0.3 is 0 Å². The molecule has 3 aromatic rings. The highest BCUT2D eigenvalue weighted by molar-refractivity contribution is 6.44. The molecule has 0 radical (unpaired) electrons. The van der Waals surface area contributed by atoms with Crippen LogP contribution in [-0.4, -0.2) is 24.6 Å². The minimum atomic E-state index is -0.583. The summed E-state index contributed by atoms with van der Waals surface area (Å²) in [5.41, 5.74) is 5.58. The maximum absolute atomic E-state index is 12.1. The van der Waals surface area contributed by atoms with E-state index in [0.717, 1.165) is 5.56 Å². The van der Waals surface area contributed by atoms with E-state index in [2.05, 4.69) is 15.8 Å². The number of hydrazone groups is 1. The average molecular weight is 514 g/mol. The molecule has 9 heteroatoms. The lowest BCUT2D eigenvalue weighted by molar-refractivity contribution is -0.126. The molecule has 0 fully saturated rings. The number of anilines is 1. The minimum absolute atomic E-state index is 0.206. The van der Waals surface area contributed by atoms with Crippen molar-refractivity contribution in [1.29, 1.82) is 0 Å². The molecule has 35 heavy (non-hydrogen) atoms. The number of rotatable bonds is 10. The Bertz CT molecular complexity index is 1210. The molecule has 0 aliphatic rings. The fourth-order valence-corrected chi connectivity index (χ4v) is 3.34. The second kappa shape index (κ2) is 12.8. The number of halogens is 2. The van der Waals surface area contributed by atoms with E-state index < -0.39 is 18.2 Å². The van der Waals surface area contributed by atoms with Crippen LogP contribution in [0.3, 0.4) is 0 Å². The molecule has 2 N–H and O–H groups in total. The van der Waals surface area contributed by atoms with Crippen molar-refractivity contribution in [2.45, 2.75) is 26.9 Å². The van der Waals surface area contributed by atoms with Crippen LogP contribution in [0.25, 0.3) is 0 Å². The summed E-state index contributed by atoms with van der Waals surface area (Å²) in [6.07, 6.45) is 1.02. The molecule has 0 aliphatic carbocycles. The highest BCUT2D eigenvalue weighted by atomic mass is 35.5. The van der Waals surface area contributed by atoms with E-state index in [4.69, 9.17) is 32.7 Å². The van der Waals surface area contributed by atoms with E-state index in [1.807, 2.05) is 38.1 Å². The van der Waals surface area contributed by atoms with Crippen LogP contribution in [0.4, 0.5) is 5.69 Å². The highest BCUT2D eigenvalue weighted by Gasteiger charge is 2.12. The van der Waals surface area contributed by atoms with Crippen LogP contribution < -0.4 is 20.2 Å². The lowest BCUT2D eigenvalue weighted by Gasteiger charge is -2.13. The number of benzene rings is 3. The third kappa shape index (κ3) is 8.02. The van der Waals surface area contributed by atoms with Crippen molar-refractivity contribution in [3.63, 3.8) is 0 Å². The molecule has 0 heterocycles. The number of carbonyl (C=O) groups excluding carboxylic acids is 2. The van der Waals surface area contributed by atoms with Gasteiger partial charge in [0.05, 0.1) is 28.6 Å². The van der Waals surface area contributed by atoms with Crippen molar-refractivity contribution >= 4 is 46.9 Å². The van der Waals surface area contributed by atoms with Crippen LogP contribution in [0.2, 0.25) is 10.0 Å². The van der Waals surface area contributed by atoms with Crippen LogP contribution in [0.15, 0.2) is 65.8 Å². The molecule has 0 saturated carbocycles. The van der Waals surface area contributed by atoms with E-state index in [1.165, 1.54) is 11.8 Å². The summed E-state index contributed by atoms with van der Waals surface area (Å²) < 4.78 is 11.6. The Labute approximate surface area is 214 Å². The molecule has 182 valence electrons. The number of hydrogen-bond donors (Lipinski definition) is 2. The summed E-state index contributed by atoms with van der Waals surface area (Å²) in [4.78, 5) is 24.2. The van der Waals surface area contributed by atoms with Crippen molar-refractivity contribution < 1.29 is 19.1 Å². The Morgan fingerprint density at radius 1 is 0.971 bits per heavy atom. The first-order valence-electron chi connectivity index (χ1n) is 10.9. The van der Waals surface area contributed by atoms with E-state index in [-0.39, 0.29) is 5.02 Å². The first-order valence-corrected chi connectivity index (χ1v) is 11.6. The van der Waals surface area contributed by atoms with Crippen LogP contribution in [0.5, 0.6) is 11.5 Å². The molecule has 0 aromatic heterocycles. The first kappa shape index (κ1) is 26.1. The number of carbonyl (C=O) groups is 2. The number of aryl methyl sites for hydroxylation is 1. The molecule has 0 bridgehead atoms. The largest absolute Gasteiger partial charge is 0.490 e. The van der Waals surface area contributed by atoms with Gasteiger partial charge in [0.15, 0.2) is 11.5 Å². The van der Waals surface area contributed by atoms with Crippen LogP contribution in [0, 0.1) is 6.92 Å². The van der Waals surface area contributed by atoms with Crippen molar-refractivity contribution in [2.75, 3.05) is 11.9 Å². The number of amides is 2. The second-order valence-corrected chi connectivity index (χ2v) is 8.32. The van der Waals surface area contributed by atoms with Crippen molar-refractivity contribution in [3.05, 3.63) is 87.4 Å². The molecule has 7 nitrogen and oxygen atoms in total. The van der Waals surface area contributed by atoms with Gasteiger partial charge in [-0.2, -0.15) is 5.10 Å². The van der Waals surface area contributed by atoms with Gasteiger partial charge in [0.25, 0.3) is 0 Å². The highest BCUT2D eigenvalue weighted by Crippen LogP contribution is 2.30. The molecule has 0 atom stereocenters. The van der Waals surface area contributed by atoms with Gasteiger partial charge in [0.2, 0.25) is 11.8 Å². The Hall–Kier alpha value is -3.55. The predicted molar refractivity (Wildman–Crippen MR) is 139 cm³/mol. The van der Waals surface area contributed by atoms with Crippen molar-refractivity contribution in [1.82, 2.24) is 5.43 Å². The zero-order chi connectivity index (χ0) is 25.2. The molecular formula is C26H25Cl2N3O4. The Morgan fingerprint density at radius 2 is 1.74 bits per heavy atom. The Morgan fingerprint density at radius 3 is 2.49 bits per heavy atom. The molecular weight excluding hydrogens is 489 g/mol.